The minimum absolute atomic E-state index is 0.0731. The van der Waals surface area contributed by atoms with E-state index in [0.717, 1.165) is 0 Å². The number of rotatable bonds is 4. The van der Waals surface area contributed by atoms with Crippen LogP contribution in [0.25, 0.3) is 6.08 Å². The van der Waals surface area contributed by atoms with Crippen molar-refractivity contribution in [2.24, 2.45) is 0 Å². The Balaban J connectivity index is 1.83. The summed E-state index contributed by atoms with van der Waals surface area (Å²) in [6, 6.07) is 9.20. The first-order chi connectivity index (χ1) is 12.0. The van der Waals surface area contributed by atoms with Crippen molar-refractivity contribution >= 4 is 52.2 Å². The van der Waals surface area contributed by atoms with Crippen molar-refractivity contribution in [1.82, 2.24) is 16.2 Å². The lowest BCUT2D eigenvalue weighted by molar-refractivity contribution is -0.384. The number of hydrogen-bond donors (Lipinski definition) is 3. The van der Waals surface area contributed by atoms with E-state index in [-0.39, 0.29) is 16.7 Å². The van der Waals surface area contributed by atoms with Crippen molar-refractivity contribution < 1.29 is 14.5 Å². The number of nitro benzene ring substituents is 1. The maximum atomic E-state index is 11.7. The molecule has 0 fully saturated rings. The Labute approximate surface area is 151 Å². The fraction of sp³-hybridized carbons (Fsp3) is 0. The van der Waals surface area contributed by atoms with Crippen LogP contribution in [0.5, 0.6) is 0 Å². The van der Waals surface area contributed by atoms with Gasteiger partial charge in [0.1, 0.15) is 0 Å². The molecule has 1 aromatic carbocycles. The number of carbonyl (C=O) groups excluding carboxylic acids is 2. The van der Waals surface area contributed by atoms with E-state index < -0.39 is 10.8 Å². The van der Waals surface area contributed by atoms with Gasteiger partial charge in [0.05, 0.1) is 9.80 Å². The molecule has 0 radical (unpaired) electrons. The molecule has 3 N–H and O–H groups in total. The third kappa shape index (κ3) is 5.79. The molecule has 0 bridgehead atoms. The summed E-state index contributed by atoms with van der Waals surface area (Å²) in [4.78, 5) is 34.1. The summed E-state index contributed by atoms with van der Waals surface area (Å²) in [5.41, 5.74) is 5.18. The van der Waals surface area contributed by atoms with Gasteiger partial charge in [-0.25, -0.2) is 0 Å². The normalized spacial score (nSPS) is 10.2. The van der Waals surface area contributed by atoms with Gasteiger partial charge >= 0.3 is 0 Å². The van der Waals surface area contributed by atoms with E-state index in [1.807, 2.05) is 0 Å². The Morgan fingerprint density at radius 3 is 2.68 bits per heavy atom. The second-order valence-corrected chi connectivity index (χ2v) is 5.92. The van der Waals surface area contributed by atoms with Gasteiger partial charge < -0.3 is 0 Å². The highest BCUT2D eigenvalue weighted by molar-refractivity contribution is 7.80. The van der Waals surface area contributed by atoms with Crippen LogP contribution in [-0.2, 0) is 4.79 Å². The fourth-order valence-electron chi connectivity index (χ4n) is 1.68. The fourth-order valence-corrected chi connectivity index (χ4v) is 2.45. The predicted octanol–water partition coefficient (Wildman–Crippen LogP) is 2.01. The van der Waals surface area contributed by atoms with Crippen molar-refractivity contribution in [1.29, 1.82) is 0 Å². The molecule has 0 aliphatic rings. The number of hydrogen-bond acceptors (Lipinski definition) is 6. The zero-order chi connectivity index (χ0) is 18.2. The predicted molar refractivity (Wildman–Crippen MR) is 97.8 cm³/mol. The van der Waals surface area contributed by atoms with Crippen LogP contribution in [-0.4, -0.2) is 21.9 Å². The van der Waals surface area contributed by atoms with Crippen LogP contribution in [0, 0.1) is 10.1 Å². The van der Waals surface area contributed by atoms with Crippen LogP contribution in [0.2, 0.25) is 0 Å². The van der Waals surface area contributed by atoms with Crippen molar-refractivity contribution in [3.63, 3.8) is 0 Å². The quantitative estimate of drug-likeness (QED) is 0.326. The number of carbonyl (C=O) groups is 2. The first kappa shape index (κ1) is 18.2. The number of nitro groups is 1. The van der Waals surface area contributed by atoms with Crippen molar-refractivity contribution in [2.45, 2.75) is 0 Å². The molecule has 128 valence electrons. The van der Waals surface area contributed by atoms with Gasteiger partial charge in [0.25, 0.3) is 11.6 Å². The number of benzene rings is 1. The Bertz CT molecular complexity index is 834. The largest absolute Gasteiger partial charge is 0.298 e. The van der Waals surface area contributed by atoms with Crippen molar-refractivity contribution in [3.8, 4) is 0 Å². The van der Waals surface area contributed by atoms with Gasteiger partial charge in [-0.3, -0.25) is 35.9 Å². The molecule has 0 saturated carbocycles. The number of amides is 2. The number of hydrazine groups is 1. The third-order valence-corrected chi connectivity index (χ3v) is 3.85. The van der Waals surface area contributed by atoms with Gasteiger partial charge in [0.2, 0.25) is 5.91 Å². The van der Waals surface area contributed by atoms with E-state index in [1.165, 1.54) is 41.7 Å². The van der Waals surface area contributed by atoms with E-state index in [9.17, 15) is 19.7 Å². The highest BCUT2D eigenvalue weighted by atomic mass is 32.1. The average molecular weight is 376 g/mol. The standard InChI is InChI=1S/C15H12N4O4S2/c20-13(7-6-10-3-1-4-11(9-10)19(22)23)16-15(24)18-17-14(21)12-5-2-8-25-12/h1-9H,(H,17,21)(H2,16,18,20,24)/b7-6+. The molecule has 0 aliphatic heterocycles. The average Bonchev–Trinajstić information content (AvgIpc) is 3.13. The lowest BCUT2D eigenvalue weighted by atomic mass is 10.2. The number of thiocarbonyl (C=S) groups is 1. The Hall–Kier alpha value is -3.11. The first-order valence-electron chi connectivity index (χ1n) is 6.83. The van der Waals surface area contributed by atoms with E-state index in [1.54, 1.807) is 23.6 Å². The van der Waals surface area contributed by atoms with Crippen molar-refractivity contribution in [3.05, 3.63) is 68.4 Å². The Kier molecular flexibility index (Phi) is 6.32. The zero-order valence-electron chi connectivity index (χ0n) is 12.6. The van der Waals surface area contributed by atoms with Gasteiger partial charge in [-0.1, -0.05) is 18.2 Å². The van der Waals surface area contributed by atoms with Gasteiger partial charge in [0.15, 0.2) is 5.11 Å². The summed E-state index contributed by atoms with van der Waals surface area (Å²) in [6.07, 6.45) is 2.59. The number of thiophene rings is 1. The lowest BCUT2D eigenvalue weighted by Crippen LogP contribution is -2.48. The van der Waals surface area contributed by atoms with Gasteiger partial charge in [-0.15, -0.1) is 11.3 Å². The van der Waals surface area contributed by atoms with E-state index in [2.05, 4.69) is 16.2 Å². The molecule has 10 heteroatoms. The molecule has 25 heavy (non-hydrogen) atoms. The molecule has 2 amide bonds. The molecule has 1 heterocycles. The molecule has 0 atom stereocenters. The minimum Gasteiger partial charge on any atom is -0.298 e. The number of nitrogens with one attached hydrogen (secondary N) is 3. The highest BCUT2D eigenvalue weighted by Crippen LogP contribution is 2.14. The summed E-state index contributed by atoms with van der Waals surface area (Å²) < 4.78 is 0. The maximum absolute atomic E-state index is 11.7. The summed E-state index contributed by atoms with van der Waals surface area (Å²) >= 11 is 6.15. The first-order valence-corrected chi connectivity index (χ1v) is 8.12. The molecule has 0 saturated heterocycles. The molecule has 8 nitrogen and oxygen atoms in total. The molecule has 2 rings (SSSR count). The summed E-state index contributed by atoms with van der Waals surface area (Å²) in [5, 5.41) is 14.7. The van der Waals surface area contributed by atoms with Gasteiger partial charge in [0, 0.05) is 18.2 Å². The molecule has 0 aliphatic carbocycles. The smallest absolute Gasteiger partial charge is 0.279 e. The van der Waals surface area contributed by atoms with Crippen LogP contribution in [0.4, 0.5) is 5.69 Å². The molecule has 0 spiro atoms. The number of non-ortho nitro benzene ring substituents is 1. The van der Waals surface area contributed by atoms with Gasteiger partial charge in [-0.05, 0) is 35.3 Å². The number of nitrogens with zero attached hydrogens (tertiary/aromatic N) is 1. The second kappa shape index (κ2) is 8.66. The van der Waals surface area contributed by atoms with Crippen LogP contribution in [0.1, 0.15) is 15.2 Å². The Morgan fingerprint density at radius 2 is 2.00 bits per heavy atom. The summed E-state index contributed by atoms with van der Waals surface area (Å²) in [6.45, 7) is 0. The summed E-state index contributed by atoms with van der Waals surface area (Å²) in [7, 11) is 0. The monoisotopic (exact) mass is 376 g/mol. The molecular formula is C15H12N4O4S2. The zero-order valence-corrected chi connectivity index (χ0v) is 14.2. The van der Waals surface area contributed by atoms with E-state index in [0.29, 0.717) is 10.4 Å². The third-order valence-electron chi connectivity index (χ3n) is 2.78. The molecule has 1 aromatic heterocycles. The minimum atomic E-state index is -0.547. The SMILES string of the molecule is O=C(/C=C/c1cccc([N+](=O)[O-])c1)NC(=S)NNC(=O)c1cccs1. The van der Waals surface area contributed by atoms with Crippen LogP contribution >= 0.6 is 23.6 Å². The molecular weight excluding hydrogens is 364 g/mol. The lowest BCUT2D eigenvalue weighted by Gasteiger charge is -2.08. The van der Waals surface area contributed by atoms with E-state index >= 15 is 0 Å². The Morgan fingerprint density at radius 1 is 1.20 bits per heavy atom. The van der Waals surface area contributed by atoms with Gasteiger partial charge in [-0.2, -0.15) is 0 Å². The highest BCUT2D eigenvalue weighted by Gasteiger charge is 2.07. The second-order valence-electron chi connectivity index (χ2n) is 4.56. The summed E-state index contributed by atoms with van der Waals surface area (Å²) in [5.74, 6) is -0.923. The van der Waals surface area contributed by atoms with Crippen LogP contribution in [0.15, 0.2) is 47.9 Å². The van der Waals surface area contributed by atoms with Crippen molar-refractivity contribution in [2.75, 3.05) is 0 Å². The molecule has 0 unspecified atom stereocenters. The maximum Gasteiger partial charge on any atom is 0.279 e. The molecule has 2 aromatic rings. The van der Waals surface area contributed by atoms with Crippen LogP contribution < -0.4 is 16.2 Å². The topological polar surface area (TPSA) is 113 Å². The van der Waals surface area contributed by atoms with Crippen LogP contribution in [0.3, 0.4) is 0 Å². The van der Waals surface area contributed by atoms with E-state index in [4.69, 9.17) is 12.2 Å².